The number of ether oxygens (including phenoxy) is 1. The summed E-state index contributed by atoms with van der Waals surface area (Å²) in [5, 5.41) is 12.9. The lowest BCUT2D eigenvalue weighted by molar-refractivity contribution is -0.132. The van der Waals surface area contributed by atoms with Gasteiger partial charge in [0, 0.05) is 13.2 Å². The highest BCUT2D eigenvalue weighted by atomic mass is 16.5. The summed E-state index contributed by atoms with van der Waals surface area (Å²) in [5.41, 5.74) is 0.0270. The number of allylic oxidation sites excluding steroid dienone is 2. The molecule has 1 saturated heterocycles. The predicted octanol–water partition coefficient (Wildman–Crippen LogP) is 3.18. The molecule has 1 heterocycles. The molecule has 0 aromatic carbocycles. The van der Waals surface area contributed by atoms with E-state index in [1.54, 1.807) is 19.3 Å². The number of rotatable bonds is 6. The third-order valence-corrected chi connectivity index (χ3v) is 7.36. The summed E-state index contributed by atoms with van der Waals surface area (Å²) in [6, 6.07) is -0.786. The maximum absolute atomic E-state index is 13.2. The first-order chi connectivity index (χ1) is 14.8. The van der Waals surface area contributed by atoms with Crippen molar-refractivity contribution < 1.29 is 24.2 Å². The number of urea groups is 1. The fraction of sp³-hybridized carbons (Fsp3) is 0.708. The zero-order valence-electron chi connectivity index (χ0n) is 18.9. The summed E-state index contributed by atoms with van der Waals surface area (Å²) in [4.78, 5) is 39.6. The Balaban J connectivity index is 1.78. The second kappa shape index (κ2) is 10.1. The van der Waals surface area contributed by atoms with Gasteiger partial charge in [0.25, 0.3) is 11.8 Å². The molecule has 2 N–H and O–H groups in total. The molecule has 7 nitrogen and oxygen atoms in total. The van der Waals surface area contributed by atoms with Crippen LogP contribution in [0, 0.1) is 23.7 Å². The zero-order valence-corrected chi connectivity index (χ0v) is 18.9. The maximum atomic E-state index is 13.2. The molecule has 1 aliphatic heterocycles. The van der Waals surface area contributed by atoms with Crippen LogP contribution < -0.4 is 5.32 Å². The second-order valence-electron chi connectivity index (χ2n) is 9.61. The lowest BCUT2D eigenvalue weighted by atomic mass is 9.75. The molecule has 0 spiro atoms. The predicted molar refractivity (Wildman–Crippen MR) is 117 cm³/mol. The highest BCUT2D eigenvalue weighted by Gasteiger charge is 2.43. The van der Waals surface area contributed by atoms with Gasteiger partial charge in [-0.3, -0.25) is 19.8 Å². The Kier molecular flexibility index (Phi) is 7.70. The fourth-order valence-electron chi connectivity index (χ4n) is 5.47. The number of methoxy groups -OCH3 is 1. The van der Waals surface area contributed by atoms with Crippen molar-refractivity contribution in [3.8, 4) is 0 Å². The van der Waals surface area contributed by atoms with Gasteiger partial charge in [-0.2, -0.15) is 0 Å². The van der Waals surface area contributed by atoms with Gasteiger partial charge in [-0.15, -0.1) is 6.58 Å². The highest BCUT2D eigenvalue weighted by Crippen LogP contribution is 2.36. The van der Waals surface area contributed by atoms with Crippen molar-refractivity contribution in [2.45, 2.75) is 77.0 Å². The molecular weight excluding hydrogens is 396 g/mol. The van der Waals surface area contributed by atoms with Crippen LogP contribution in [0.2, 0.25) is 0 Å². The first-order valence-corrected chi connectivity index (χ1v) is 11.5. The van der Waals surface area contributed by atoms with E-state index >= 15 is 0 Å². The first-order valence-electron chi connectivity index (χ1n) is 11.5. The van der Waals surface area contributed by atoms with Crippen molar-refractivity contribution in [1.29, 1.82) is 0 Å². The smallest absolute Gasteiger partial charge is 0.331 e. The summed E-state index contributed by atoms with van der Waals surface area (Å²) in [6.07, 6.45) is 7.75. The molecular formula is C24H36N2O5. The number of hydrogen-bond donors (Lipinski definition) is 2. The fourth-order valence-corrected chi connectivity index (χ4v) is 5.47. The molecule has 0 aromatic heterocycles. The second-order valence-corrected chi connectivity index (χ2v) is 9.61. The van der Waals surface area contributed by atoms with Gasteiger partial charge in [0.2, 0.25) is 0 Å². The van der Waals surface area contributed by atoms with Gasteiger partial charge >= 0.3 is 6.03 Å². The van der Waals surface area contributed by atoms with Crippen LogP contribution in [0.4, 0.5) is 4.79 Å². The van der Waals surface area contributed by atoms with Gasteiger partial charge < -0.3 is 9.84 Å². The van der Waals surface area contributed by atoms with Crippen molar-refractivity contribution in [3.05, 3.63) is 24.3 Å². The molecule has 7 heteroatoms. The maximum Gasteiger partial charge on any atom is 0.331 e. The van der Waals surface area contributed by atoms with Crippen molar-refractivity contribution >= 4 is 17.8 Å². The van der Waals surface area contributed by atoms with Gasteiger partial charge in [-0.1, -0.05) is 26.0 Å². The normalized spacial score (nSPS) is 36.1. The van der Waals surface area contributed by atoms with E-state index < -0.39 is 23.9 Å². The summed E-state index contributed by atoms with van der Waals surface area (Å²) in [7, 11) is 1.56. The zero-order chi connectivity index (χ0) is 22.7. The molecule has 4 amide bonds. The Labute approximate surface area is 184 Å². The minimum absolute atomic E-state index is 0.0270. The topological polar surface area (TPSA) is 95.9 Å². The number of nitrogens with zero attached hydrogens (tertiary/aromatic N) is 1. The average Bonchev–Trinajstić information content (AvgIpc) is 2.73. The number of imide groups is 2. The standard InChI is InChI=1S/C24H36N2O5/c1-5-6-17-11-15(13-20(31-4)21(17)27)12-19-22(28)25-24(30)26(23(19)29)18-9-7-16(8-10-18)14(2)3/h5,12,14-18,20-21,27H,1,6-11,13H2,2-4H3,(H,25,28,30)/b19-12+. The van der Waals surface area contributed by atoms with E-state index in [2.05, 4.69) is 25.7 Å². The molecule has 3 rings (SSSR count). The Morgan fingerprint density at radius 2 is 1.87 bits per heavy atom. The Bertz CT molecular complexity index is 738. The van der Waals surface area contributed by atoms with Crippen molar-refractivity contribution in [1.82, 2.24) is 10.2 Å². The Morgan fingerprint density at radius 3 is 2.45 bits per heavy atom. The van der Waals surface area contributed by atoms with Crippen molar-refractivity contribution in [2.75, 3.05) is 7.11 Å². The number of amides is 4. The monoisotopic (exact) mass is 432 g/mol. The number of aliphatic hydroxyl groups is 1. The average molecular weight is 433 g/mol. The largest absolute Gasteiger partial charge is 0.390 e. The summed E-state index contributed by atoms with van der Waals surface area (Å²) in [6.45, 7) is 8.17. The molecule has 2 saturated carbocycles. The molecule has 2 aliphatic carbocycles. The van der Waals surface area contributed by atoms with Crippen molar-refractivity contribution in [2.24, 2.45) is 23.7 Å². The van der Waals surface area contributed by atoms with Crippen LogP contribution >= 0.6 is 0 Å². The molecule has 3 fully saturated rings. The van der Waals surface area contributed by atoms with Gasteiger partial charge in [0.1, 0.15) is 5.57 Å². The lowest BCUT2D eigenvalue weighted by Gasteiger charge is -2.39. The third-order valence-electron chi connectivity index (χ3n) is 7.36. The van der Waals surface area contributed by atoms with E-state index in [4.69, 9.17) is 4.74 Å². The third kappa shape index (κ3) is 5.09. The van der Waals surface area contributed by atoms with Crippen LogP contribution in [0.5, 0.6) is 0 Å². The van der Waals surface area contributed by atoms with E-state index in [0.29, 0.717) is 31.1 Å². The molecule has 172 valence electrons. The number of carbonyl (C=O) groups excluding carboxylic acids is 3. The van der Waals surface area contributed by atoms with E-state index in [-0.39, 0.29) is 29.6 Å². The number of carbonyl (C=O) groups is 3. The van der Waals surface area contributed by atoms with Crippen LogP contribution in [0.25, 0.3) is 0 Å². The molecule has 31 heavy (non-hydrogen) atoms. The number of aliphatic hydroxyl groups excluding tert-OH is 1. The van der Waals surface area contributed by atoms with E-state index in [1.807, 2.05) is 0 Å². The minimum atomic E-state index is -0.637. The van der Waals surface area contributed by atoms with Gasteiger partial charge in [-0.05, 0) is 68.6 Å². The van der Waals surface area contributed by atoms with Crippen LogP contribution in [0.3, 0.4) is 0 Å². The molecule has 0 radical (unpaired) electrons. The van der Waals surface area contributed by atoms with Gasteiger partial charge in [0.05, 0.1) is 12.2 Å². The lowest BCUT2D eigenvalue weighted by Crippen LogP contribution is -2.58. The number of hydrogen-bond acceptors (Lipinski definition) is 5. The molecule has 4 unspecified atom stereocenters. The van der Waals surface area contributed by atoms with Crippen LogP contribution in [-0.4, -0.2) is 53.2 Å². The molecule has 0 bridgehead atoms. The Morgan fingerprint density at radius 1 is 1.19 bits per heavy atom. The summed E-state index contributed by atoms with van der Waals surface area (Å²) in [5.74, 6) is -0.0943. The van der Waals surface area contributed by atoms with Crippen LogP contribution in [0.1, 0.15) is 58.8 Å². The number of barbiturate groups is 1. The molecule has 0 aromatic rings. The minimum Gasteiger partial charge on any atom is -0.390 e. The first kappa shape index (κ1) is 23.7. The summed E-state index contributed by atoms with van der Waals surface area (Å²) >= 11 is 0. The summed E-state index contributed by atoms with van der Waals surface area (Å²) < 4.78 is 5.45. The van der Waals surface area contributed by atoms with Crippen molar-refractivity contribution in [3.63, 3.8) is 0 Å². The number of nitrogens with one attached hydrogen (secondary N) is 1. The quantitative estimate of drug-likeness (QED) is 0.382. The van der Waals surface area contributed by atoms with E-state index in [9.17, 15) is 19.5 Å². The van der Waals surface area contributed by atoms with Gasteiger partial charge in [0.15, 0.2) is 0 Å². The van der Waals surface area contributed by atoms with Gasteiger partial charge in [-0.25, -0.2) is 4.79 Å². The highest BCUT2D eigenvalue weighted by molar-refractivity contribution is 6.28. The molecule has 4 atom stereocenters. The Hall–Kier alpha value is -1.99. The van der Waals surface area contributed by atoms with E-state index in [0.717, 1.165) is 25.7 Å². The van der Waals surface area contributed by atoms with E-state index in [1.165, 1.54) is 4.90 Å². The van der Waals surface area contributed by atoms with Crippen LogP contribution in [0.15, 0.2) is 24.3 Å². The van der Waals surface area contributed by atoms with Crippen LogP contribution in [-0.2, 0) is 14.3 Å². The molecule has 3 aliphatic rings. The SMILES string of the molecule is C=CCC1CC(/C=C2\C(=O)NC(=O)N(C3CCC(C(C)C)CC3)C2=O)CC(OC)C1O.